The average Bonchev–Trinajstić information content (AvgIpc) is 2.60. The molecule has 0 saturated heterocycles. The van der Waals surface area contributed by atoms with E-state index in [0.29, 0.717) is 11.1 Å². The molecular weight excluding hydrogens is 292 g/mol. The summed E-state index contributed by atoms with van der Waals surface area (Å²) in [4.78, 5) is 27.9. The largest absolute Gasteiger partial charge is 0.325 e. The molecule has 0 heterocycles. The SMILES string of the molecule is CN(C(=O)c1ccccc1)C([SiH])N(C)C(=O)c1ccccc1. The molecule has 0 atom stereocenters. The number of carbonyl (C=O) groups is 2. The molecule has 2 aromatic rings. The third-order valence-electron chi connectivity index (χ3n) is 3.48. The second-order valence-corrected chi connectivity index (χ2v) is 5.57. The fraction of sp³-hybridized carbons (Fsp3) is 0.176. The summed E-state index contributed by atoms with van der Waals surface area (Å²) in [6.07, 6.45) is 0. The standard InChI is InChI=1S/C17H18N2O2Si/c1-18(15(20)13-9-5-3-6-10-13)17(22)19(2)16(21)14-11-7-4-8-12-14/h3-12,17,22H,1-2H3. The van der Waals surface area contributed by atoms with Crippen LogP contribution in [0.25, 0.3) is 0 Å². The van der Waals surface area contributed by atoms with Crippen LogP contribution < -0.4 is 0 Å². The lowest BCUT2D eigenvalue weighted by Crippen LogP contribution is -2.50. The molecule has 2 aromatic carbocycles. The van der Waals surface area contributed by atoms with E-state index in [4.69, 9.17) is 0 Å². The summed E-state index contributed by atoms with van der Waals surface area (Å²) in [7, 11) is 5.90. The molecular formula is C17H18N2O2Si. The highest BCUT2D eigenvalue weighted by Crippen LogP contribution is 2.10. The molecule has 112 valence electrons. The van der Waals surface area contributed by atoms with E-state index >= 15 is 0 Å². The zero-order chi connectivity index (χ0) is 16.1. The van der Waals surface area contributed by atoms with E-state index < -0.39 is 5.79 Å². The summed E-state index contributed by atoms with van der Waals surface area (Å²) in [5.41, 5.74) is 1.19. The molecule has 0 unspecified atom stereocenters. The smallest absolute Gasteiger partial charge is 0.254 e. The highest BCUT2D eigenvalue weighted by molar-refractivity contribution is 6.15. The number of hydrogen-bond donors (Lipinski definition) is 0. The predicted octanol–water partition coefficient (Wildman–Crippen LogP) is 1.72. The van der Waals surface area contributed by atoms with E-state index in [9.17, 15) is 9.59 Å². The molecule has 5 heteroatoms. The Balaban J connectivity index is 2.11. The fourth-order valence-electron chi connectivity index (χ4n) is 2.07. The van der Waals surface area contributed by atoms with Crippen LogP contribution >= 0.6 is 0 Å². The number of benzene rings is 2. The number of rotatable bonds is 4. The maximum absolute atomic E-state index is 12.4. The number of hydrogen-bond acceptors (Lipinski definition) is 2. The van der Waals surface area contributed by atoms with Gasteiger partial charge in [-0.15, -0.1) is 0 Å². The number of carbonyl (C=O) groups excluding carboxylic acids is 2. The molecule has 2 radical (unpaired) electrons. The summed E-state index contributed by atoms with van der Waals surface area (Å²) >= 11 is 0. The van der Waals surface area contributed by atoms with E-state index in [1.807, 2.05) is 36.4 Å². The van der Waals surface area contributed by atoms with Crippen LogP contribution in [0.2, 0.25) is 0 Å². The lowest BCUT2D eigenvalue weighted by atomic mass is 10.2. The molecule has 0 aliphatic heterocycles. The lowest BCUT2D eigenvalue weighted by Gasteiger charge is -2.33. The fourth-order valence-corrected chi connectivity index (χ4v) is 2.34. The molecule has 0 aromatic heterocycles. The second kappa shape index (κ2) is 7.04. The van der Waals surface area contributed by atoms with Crippen molar-refractivity contribution in [3.8, 4) is 0 Å². The van der Waals surface area contributed by atoms with Gasteiger partial charge in [0.1, 0.15) is 0 Å². The van der Waals surface area contributed by atoms with Crippen LogP contribution in [0.15, 0.2) is 60.7 Å². The monoisotopic (exact) mass is 310 g/mol. The molecule has 0 aliphatic rings. The van der Waals surface area contributed by atoms with Crippen molar-refractivity contribution in [1.29, 1.82) is 0 Å². The van der Waals surface area contributed by atoms with Crippen molar-refractivity contribution in [2.45, 2.75) is 5.79 Å². The van der Waals surface area contributed by atoms with Gasteiger partial charge in [-0.2, -0.15) is 0 Å². The Hall–Kier alpha value is -2.40. The minimum atomic E-state index is -0.430. The van der Waals surface area contributed by atoms with Crippen LogP contribution in [0.4, 0.5) is 0 Å². The van der Waals surface area contributed by atoms with Gasteiger partial charge in [-0.25, -0.2) is 0 Å². The molecule has 0 N–H and O–H groups in total. The Morgan fingerprint density at radius 1 is 0.773 bits per heavy atom. The van der Waals surface area contributed by atoms with E-state index in [1.165, 1.54) is 9.80 Å². The number of nitrogens with zero attached hydrogens (tertiary/aromatic N) is 2. The van der Waals surface area contributed by atoms with Crippen molar-refractivity contribution in [2.75, 3.05) is 14.1 Å². The Kier molecular flexibility index (Phi) is 5.11. The Labute approximate surface area is 133 Å². The highest BCUT2D eigenvalue weighted by Gasteiger charge is 2.24. The van der Waals surface area contributed by atoms with E-state index in [2.05, 4.69) is 10.2 Å². The molecule has 0 aliphatic carbocycles. The Bertz CT molecular complexity index is 589. The van der Waals surface area contributed by atoms with Gasteiger partial charge >= 0.3 is 0 Å². The third kappa shape index (κ3) is 3.43. The summed E-state index contributed by atoms with van der Waals surface area (Å²) in [6, 6.07) is 18.0. The van der Waals surface area contributed by atoms with Crippen molar-refractivity contribution in [3.05, 3.63) is 71.8 Å². The van der Waals surface area contributed by atoms with Gasteiger partial charge in [0.05, 0.1) is 16.0 Å². The van der Waals surface area contributed by atoms with Crippen LogP contribution in [0.1, 0.15) is 20.7 Å². The van der Waals surface area contributed by atoms with Gasteiger partial charge < -0.3 is 9.80 Å². The quantitative estimate of drug-likeness (QED) is 0.637. The summed E-state index contributed by atoms with van der Waals surface area (Å²) in [6.45, 7) is 0. The predicted molar refractivity (Wildman–Crippen MR) is 88.0 cm³/mol. The first kappa shape index (κ1) is 16.0. The molecule has 0 saturated carbocycles. The lowest BCUT2D eigenvalue weighted by molar-refractivity contribution is 0.0556. The highest BCUT2D eigenvalue weighted by atomic mass is 28.1. The van der Waals surface area contributed by atoms with Gasteiger partial charge in [0, 0.05) is 25.2 Å². The maximum atomic E-state index is 12.4. The first-order valence-electron chi connectivity index (χ1n) is 6.92. The van der Waals surface area contributed by atoms with Crippen LogP contribution in [0.5, 0.6) is 0 Å². The van der Waals surface area contributed by atoms with Crippen molar-refractivity contribution in [1.82, 2.24) is 9.80 Å². The van der Waals surface area contributed by atoms with E-state index in [0.717, 1.165) is 0 Å². The Morgan fingerprint density at radius 3 is 1.41 bits per heavy atom. The minimum absolute atomic E-state index is 0.131. The maximum Gasteiger partial charge on any atom is 0.254 e. The van der Waals surface area contributed by atoms with Crippen LogP contribution in [-0.4, -0.2) is 51.7 Å². The van der Waals surface area contributed by atoms with Crippen LogP contribution in [0, 0.1) is 0 Å². The number of amides is 2. The van der Waals surface area contributed by atoms with E-state index in [1.54, 1.807) is 38.4 Å². The molecule has 4 nitrogen and oxygen atoms in total. The average molecular weight is 310 g/mol. The molecule has 0 spiro atoms. The van der Waals surface area contributed by atoms with Gasteiger partial charge in [0.15, 0.2) is 0 Å². The zero-order valence-electron chi connectivity index (χ0n) is 12.6. The zero-order valence-corrected chi connectivity index (χ0v) is 13.8. The van der Waals surface area contributed by atoms with Crippen molar-refractivity contribution < 1.29 is 9.59 Å². The van der Waals surface area contributed by atoms with Crippen molar-refractivity contribution >= 4 is 22.1 Å². The van der Waals surface area contributed by atoms with Crippen LogP contribution in [0.3, 0.4) is 0 Å². The van der Waals surface area contributed by atoms with Gasteiger partial charge in [0.25, 0.3) is 11.8 Å². The van der Waals surface area contributed by atoms with E-state index in [-0.39, 0.29) is 11.8 Å². The van der Waals surface area contributed by atoms with Gasteiger partial charge in [-0.3, -0.25) is 9.59 Å². The molecule has 2 amide bonds. The topological polar surface area (TPSA) is 40.6 Å². The van der Waals surface area contributed by atoms with Crippen LogP contribution in [-0.2, 0) is 0 Å². The third-order valence-corrected chi connectivity index (χ3v) is 4.37. The molecule has 0 fully saturated rings. The van der Waals surface area contributed by atoms with Crippen molar-refractivity contribution in [3.63, 3.8) is 0 Å². The minimum Gasteiger partial charge on any atom is -0.325 e. The van der Waals surface area contributed by atoms with Gasteiger partial charge in [-0.1, -0.05) is 36.4 Å². The first-order chi connectivity index (χ1) is 10.5. The molecule has 2 rings (SSSR count). The summed E-state index contributed by atoms with van der Waals surface area (Å²) < 4.78 is 0. The van der Waals surface area contributed by atoms with Gasteiger partial charge in [0.2, 0.25) is 0 Å². The van der Waals surface area contributed by atoms with Gasteiger partial charge in [-0.05, 0) is 24.3 Å². The first-order valence-corrected chi connectivity index (χ1v) is 7.59. The second-order valence-electron chi connectivity index (χ2n) is 4.98. The Morgan fingerprint density at radius 2 is 1.09 bits per heavy atom. The summed E-state index contributed by atoms with van der Waals surface area (Å²) in [5.74, 6) is -0.693. The molecule has 22 heavy (non-hydrogen) atoms. The normalized spacial score (nSPS) is 10.4. The molecule has 0 bridgehead atoms. The summed E-state index contributed by atoms with van der Waals surface area (Å²) in [5, 5.41) is 0. The van der Waals surface area contributed by atoms with Crippen molar-refractivity contribution in [2.24, 2.45) is 0 Å².